The number of nitrogens with two attached hydrogens (primary N) is 1. The van der Waals surface area contributed by atoms with E-state index in [0.29, 0.717) is 17.7 Å². The lowest BCUT2D eigenvalue weighted by atomic mass is 10.1. The second-order valence-electron chi connectivity index (χ2n) is 4.56. The molecule has 0 fully saturated rings. The van der Waals surface area contributed by atoms with Gasteiger partial charge in [0.05, 0.1) is 5.56 Å². The summed E-state index contributed by atoms with van der Waals surface area (Å²) in [6.07, 6.45) is 0.533. The molecule has 0 heterocycles. The van der Waals surface area contributed by atoms with Crippen LogP contribution in [0.1, 0.15) is 23.7 Å². The number of rotatable bonds is 5. The van der Waals surface area contributed by atoms with Gasteiger partial charge in [0.25, 0.3) is 5.91 Å². The van der Waals surface area contributed by atoms with Gasteiger partial charge in [-0.2, -0.15) is 0 Å². The van der Waals surface area contributed by atoms with E-state index in [1.165, 1.54) is 0 Å². The van der Waals surface area contributed by atoms with E-state index in [-0.39, 0.29) is 18.6 Å². The molecule has 1 atom stereocenters. The summed E-state index contributed by atoms with van der Waals surface area (Å²) < 4.78 is 0. The Morgan fingerprint density at radius 1 is 1.50 bits per heavy atom. The average Bonchev–Trinajstić information content (AvgIpc) is 2.28. The zero-order chi connectivity index (χ0) is 13.7. The van der Waals surface area contributed by atoms with Crippen LogP contribution in [0.5, 0.6) is 0 Å². The highest BCUT2D eigenvalue weighted by Gasteiger charge is 2.15. The predicted octanol–water partition coefficient (Wildman–Crippen LogP) is 0.835. The van der Waals surface area contributed by atoms with Gasteiger partial charge in [0.15, 0.2) is 0 Å². The highest BCUT2D eigenvalue weighted by atomic mass is 16.3. The summed E-state index contributed by atoms with van der Waals surface area (Å²) in [6, 6.07) is 5.18. The standard InChI is InChI=1S/C13H21N3O2/c1-9(6-7-17)15-13(18)11-8-10(14)4-5-12(11)16(2)3/h4-5,8-9,17H,6-7,14H2,1-3H3,(H,15,18). The fraction of sp³-hybridized carbons (Fsp3) is 0.462. The van der Waals surface area contributed by atoms with Gasteiger partial charge in [-0.1, -0.05) is 0 Å². The molecule has 0 bridgehead atoms. The molecule has 0 aromatic heterocycles. The van der Waals surface area contributed by atoms with Crippen molar-refractivity contribution in [1.29, 1.82) is 0 Å². The third-order valence-electron chi connectivity index (χ3n) is 2.69. The summed E-state index contributed by atoms with van der Waals surface area (Å²) in [7, 11) is 3.75. The summed E-state index contributed by atoms with van der Waals surface area (Å²) in [5.41, 5.74) is 7.64. The van der Waals surface area contributed by atoms with Gasteiger partial charge in [-0.3, -0.25) is 4.79 Å². The number of carbonyl (C=O) groups excluding carboxylic acids is 1. The molecule has 1 aromatic rings. The molecule has 0 aliphatic carbocycles. The molecule has 100 valence electrons. The number of hydrogen-bond acceptors (Lipinski definition) is 4. The van der Waals surface area contributed by atoms with Gasteiger partial charge in [0.1, 0.15) is 0 Å². The minimum Gasteiger partial charge on any atom is -0.399 e. The van der Waals surface area contributed by atoms with E-state index >= 15 is 0 Å². The lowest BCUT2D eigenvalue weighted by molar-refractivity contribution is 0.0935. The Morgan fingerprint density at radius 3 is 2.72 bits per heavy atom. The molecule has 0 saturated carbocycles. The van der Waals surface area contributed by atoms with Crippen LogP contribution in [-0.2, 0) is 0 Å². The fourth-order valence-electron chi connectivity index (χ4n) is 1.69. The predicted molar refractivity (Wildman–Crippen MR) is 73.8 cm³/mol. The number of amides is 1. The monoisotopic (exact) mass is 251 g/mol. The molecule has 0 aliphatic rings. The Morgan fingerprint density at radius 2 is 2.17 bits per heavy atom. The van der Waals surface area contributed by atoms with E-state index < -0.39 is 0 Å². The molecule has 0 radical (unpaired) electrons. The van der Waals surface area contributed by atoms with Crippen molar-refractivity contribution in [3.8, 4) is 0 Å². The first-order valence-electron chi connectivity index (χ1n) is 5.94. The van der Waals surface area contributed by atoms with Crippen LogP contribution in [0.25, 0.3) is 0 Å². The summed E-state index contributed by atoms with van der Waals surface area (Å²) in [6.45, 7) is 1.91. The Kier molecular flexibility index (Phi) is 4.97. The summed E-state index contributed by atoms with van der Waals surface area (Å²) in [4.78, 5) is 14.0. The van der Waals surface area contributed by atoms with Gasteiger partial charge >= 0.3 is 0 Å². The van der Waals surface area contributed by atoms with Crippen LogP contribution in [0.3, 0.4) is 0 Å². The molecule has 5 heteroatoms. The maximum atomic E-state index is 12.1. The van der Waals surface area contributed by atoms with Crippen LogP contribution in [-0.4, -0.2) is 37.8 Å². The fourth-order valence-corrected chi connectivity index (χ4v) is 1.69. The minimum absolute atomic E-state index is 0.0545. The Hall–Kier alpha value is -1.75. The van der Waals surface area contributed by atoms with Crippen molar-refractivity contribution in [3.05, 3.63) is 23.8 Å². The van der Waals surface area contributed by atoms with E-state index in [1.54, 1.807) is 12.1 Å². The smallest absolute Gasteiger partial charge is 0.253 e. The number of hydrogen-bond donors (Lipinski definition) is 3. The van der Waals surface area contributed by atoms with Crippen LogP contribution >= 0.6 is 0 Å². The lowest BCUT2D eigenvalue weighted by Crippen LogP contribution is -2.34. The number of benzene rings is 1. The molecule has 0 spiro atoms. The summed E-state index contributed by atoms with van der Waals surface area (Å²) in [5.74, 6) is -0.174. The van der Waals surface area contributed by atoms with Gasteiger partial charge in [-0.05, 0) is 31.5 Å². The van der Waals surface area contributed by atoms with E-state index in [2.05, 4.69) is 5.32 Å². The third kappa shape index (κ3) is 3.63. The first kappa shape index (κ1) is 14.3. The van der Waals surface area contributed by atoms with Crippen LogP contribution in [0.4, 0.5) is 11.4 Å². The van der Waals surface area contributed by atoms with Gasteiger partial charge in [0.2, 0.25) is 0 Å². The van der Waals surface area contributed by atoms with Gasteiger partial charge in [-0.25, -0.2) is 0 Å². The van der Waals surface area contributed by atoms with Gasteiger partial charge < -0.3 is 21.1 Å². The number of aliphatic hydroxyl groups excluding tert-OH is 1. The lowest BCUT2D eigenvalue weighted by Gasteiger charge is -2.19. The molecule has 1 aromatic carbocycles. The highest BCUT2D eigenvalue weighted by molar-refractivity contribution is 6.00. The molecule has 4 N–H and O–H groups in total. The molecule has 5 nitrogen and oxygen atoms in total. The SMILES string of the molecule is CC(CCO)NC(=O)c1cc(N)ccc1N(C)C. The van der Waals surface area contributed by atoms with Crippen molar-refractivity contribution in [2.24, 2.45) is 0 Å². The zero-order valence-corrected chi connectivity index (χ0v) is 11.1. The number of anilines is 2. The topological polar surface area (TPSA) is 78.6 Å². The Bertz CT molecular complexity index is 419. The van der Waals surface area contributed by atoms with E-state index in [1.807, 2.05) is 32.0 Å². The first-order valence-corrected chi connectivity index (χ1v) is 5.94. The quantitative estimate of drug-likeness (QED) is 0.677. The maximum absolute atomic E-state index is 12.1. The van der Waals surface area contributed by atoms with Crippen LogP contribution in [0, 0.1) is 0 Å². The first-order chi connectivity index (χ1) is 8.45. The molecular weight excluding hydrogens is 230 g/mol. The van der Waals surface area contributed by atoms with Gasteiger partial charge in [-0.15, -0.1) is 0 Å². The maximum Gasteiger partial charge on any atom is 0.253 e. The van der Waals surface area contributed by atoms with Crippen LogP contribution in [0.15, 0.2) is 18.2 Å². The highest BCUT2D eigenvalue weighted by Crippen LogP contribution is 2.21. The number of nitrogens with one attached hydrogen (secondary N) is 1. The van der Waals surface area contributed by atoms with Crippen LogP contribution in [0.2, 0.25) is 0 Å². The van der Waals surface area contributed by atoms with Crippen molar-refractivity contribution in [3.63, 3.8) is 0 Å². The number of nitrogen functional groups attached to an aromatic ring is 1. The van der Waals surface area contributed by atoms with Crippen molar-refractivity contribution in [2.45, 2.75) is 19.4 Å². The average molecular weight is 251 g/mol. The summed E-state index contributed by atoms with van der Waals surface area (Å²) >= 11 is 0. The molecule has 18 heavy (non-hydrogen) atoms. The third-order valence-corrected chi connectivity index (χ3v) is 2.69. The second kappa shape index (κ2) is 6.26. The zero-order valence-electron chi connectivity index (χ0n) is 11.1. The van der Waals surface area contributed by atoms with E-state index in [4.69, 9.17) is 10.8 Å². The minimum atomic E-state index is -0.174. The summed E-state index contributed by atoms with van der Waals surface area (Å²) in [5, 5.41) is 11.7. The Balaban J connectivity index is 2.93. The molecule has 0 saturated heterocycles. The molecule has 1 unspecified atom stereocenters. The van der Waals surface area contributed by atoms with E-state index in [0.717, 1.165) is 5.69 Å². The van der Waals surface area contributed by atoms with Crippen molar-refractivity contribution in [2.75, 3.05) is 31.3 Å². The normalized spacial score (nSPS) is 12.0. The van der Waals surface area contributed by atoms with Crippen molar-refractivity contribution < 1.29 is 9.90 Å². The number of aliphatic hydroxyl groups is 1. The number of carbonyl (C=O) groups is 1. The molecule has 1 rings (SSSR count). The van der Waals surface area contributed by atoms with E-state index in [9.17, 15) is 4.79 Å². The van der Waals surface area contributed by atoms with Gasteiger partial charge in [0, 0.05) is 38.1 Å². The number of nitrogens with zero attached hydrogens (tertiary/aromatic N) is 1. The van der Waals surface area contributed by atoms with Crippen molar-refractivity contribution in [1.82, 2.24) is 5.32 Å². The second-order valence-corrected chi connectivity index (χ2v) is 4.56. The van der Waals surface area contributed by atoms with Crippen LogP contribution < -0.4 is 16.0 Å². The Labute approximate surface area is 108 Å². The molecule has 1 amide bonds. The van der Waals surface area contributed by atoms with Crippen molar-refractivity contribution >= 4 is 17.3 Å². The largest absolute Gasteiger partial charge is 0.399 e. The molecular formula is C13H21N3O2. The molecule has 0 aliphatic heterocycles.